The maximum absolute atomic E-state index is 12.2. The Morgan fingerprint density at radius 1 is 1.50 bits per heavy atom. The van der Waals surface area contributed by atoms with Crippen molar-refractivity contribution in [2.45, 2.75) is 38.2 Å². The second kappa shape index (κ2) is 8.36. The summed E-state index contributed by atoms with van der Waals surface area (Å²) < 4.78 is 6.10. The fraction of sp³-hybridized carbons (Fsp3) is 0.562. The van der Waals surface area contributed by atoms with Gasteiger partial charge in [-0.3, -0.25) is 4.79 Å². The van der Waals surface area contributed by atoms with Gasteiger partial charge in [-0.1, -0.05) is 18.0 Å². The van der Waals surface area contributed by atoms with Gasteiger partial charge in [-0.25, -0.2) is 0 Å². The Hall–Kier alpha value is -0.530. The van der Waals surface area contributed by atoms with Crippen LogP contribution in [0.15, 0.2) is 12.1 Å². The van der Waals surface area contributed by atoms with Gasteiger partial charge in [0.2, 0.25) is 0 Å². The average Bonchev–Trinajstić information content (AvgIpc) is 2.91. The Bertz CT molecular complexity index is 538. The number of hydrogen-bond donors (Lipinski definition) is 2. The molecule has 1 aromatic carbocycles. The van der Waals surface area contributed by atoms with Crippen LogP contribution in [-0.2, 0) is 0 Å². The van der Waals surface area contributed by atoms with E-state index in [4.69, 9.17) is 16.3 Å². The molecule has 0 spiro atoms. The standard InChI is InChI=1S/C16H21ClINO3/c1-22-15-9-13(18)12(17)8-11(15)16(21)19-7-3-5-10-4-2-6-14(10)20/h8-10,14,20H,2-7H2,1H3,(H,19,21). The average molecular weight is 438 g/mol. The van der Waals surface area contributed by atoms with Crippen LogP contribution >= 0.6 is 34.2 Å². The molecule has 0 saturated heterocycles. The highest BCUT2D eigenvalue weighted by Gasteiger charge is 2.24. The predicted molar refractivity (Wildman–Crippen MR) is 95.6 cm³/mol. The molecule has 1 aromatic rings. The molecule has 0 heterocycles. The third kappa shape index (κ3) is 4.49. The maximum atomic E-state index is 12.2. The fourth-order valence-electron chi connectivity index (χ4n) is 2.89. The van der Waals surface area contributed by atoms with E-state index in [0.29, 0.717) is 28.8 Å². The van der Waals surface area contributed by atoms with E-state index in [1.165, 1.54) is 7.11 Å². The first-order chi connectivity index (χ1) is 10.5. The molecular formula is C16H21ClINO3. The zero-order valence-corrected chi connectivity index (χ0v) is 15.5. The number of halogens is 2. The van der Waals surface area contributed by atoms with E-state index in [0.717, 1.165) is 35.7 Å². The topological polar surface area (TPSA) is 58.6 Å². The molecule has 2 rings (SSSR count). The number of methoxy groups -OCH3 is 1. The summed E-state index contributed by atoms with van der Waals surface area (Å²) in [5.41, 5.74) is 0.453. The molecule has 122 valence electrons. The Morgan fingerprint density at radius 2 is 2.27 bits per heavy atom. The van der Waals surface area contributed by atoms with Gasteiger partial charge in [-0.05, 0) is 66.3 Å². The first kappa shape index (κ1) is 17.8. The van der Waals surface area contributed by atoms with E-state index >= 15 is 0 Å². The highest BCUT2D eigenvalue weighted by molar-refractivity contribution is 14.1. The second-order valence-corrected chi connectivity index (χ2v) is 7.19. The molecule has 22 heavy (non-hydrogen) atoms. The summed E-state index contributed by atoms with van der Waals surface area (Å²) in [5, 5.41) is 13.2. The SMILES string of the molecule is COc1cc(I)c(Cl)cc1C(=O)NCCCC1CCCC1O. The van der Waals surface area contributed by atoms with Crippen LogP contribution in [0.1, 0.15) is 42.5 Å². The minimum atomic E-state index is -0.179. The van der Waals surface area contributed by atoms with Gasteiger partial charge < -0.3 is 15.2 Å². The van der Waals surface area contributed by atoms with Crippen molar-refractivity contribution in [2.24, 2.45) is 5.92 Å². The van der Waals surface area contributed by atoms with Crippen LogP contribution in [-0.4, -0.2) is 30.8 Å². The normalized spacial score (nSPS) is 20.9. The van der Waals surface area contributed by atoms with E-state index in [2.05, 4.69) is 27.9 Å². The Labute approximate surface area is 149 Å². The molecule has 0 bridgehead atoms. The fourth-order valence-corrected chi connectivity index (χ4v) is 3.49. The molecule has 2 N–H and O–H groups in total. The van der Waals surface area contributed by atoms with Crippen LogP contribution in [0, 0.1) is 9.49 Å². The number of aliphatic hydroxyl groups is 1. The highest BCUT2D eigenvalue weighted by Crippen LogP contribution is 2.29. The van der Waals surface area contributed by atoms with Gasteiger partial charge in [0.1, 0.15) is 5.75 Å². The van der Waals surface area contributed by atoms with Gasteiger partial charge in [0.25, 0.3) is 5.91 Å². The minimum absolute atomic E-state index is 0.161. The first-order valence-electron chi connectivity index (χ1n) is 7.52. The van der Waals surface area contributed by atoms with Gasteiger partial charge >= 0.3 is 0 Å². The third-order valence-electron chi connectivity index (χ3n) is 4.14. The van der Waals surface area contributed by atoms with Crippen molar-refractivity contribution >= 4 is 40.1 Å². The zero-order valence-electron chi connectivity index (χ0n) is 12.6. The van der Waals surface area contributed by atoms with Gasteiger partial charge in [0, 0.05) is 10.1 Å². The molecule has 0 aliphatic heterocycles. The number of carbonyl (C=O) groups excluding carboxylic acids is 1. The van der Waals surface area contributed by atoms with Crippen LogP contribution in [0.25, 0.3) is 0 Å². The van der Waals surface area contributed by atoms with E-state index in [1.807, 2.05) is 0 Å². The quantitative estimate of drug-likeness (QED) is 0.528. The lowest BCUT2D eigenvalue weighted by Gasteiger charge is -2.14. The van der Waals surface area contributed by atoms with Crippen LogP contribution in [0.2, 0.25) is 5.02 Å². The number of nitrogens with one attached hydrogen (secondary N) is 1. The lowest BCUT2D eigenvalue weighted by molar-refractivity contribution is 0.0946. The van der Waals surface area contributed by atoms with Crippen molar-refractivity contribution < 1.29 is 14.6 Å². The molecule has 1 aliphatic rings. The van der Waals surface area contributed by atoms with Crippen molar-refractivity contribution in [3.05, 3.63) is 26.3 Å². The molecule has 2 unspecified atom stereocenters. The number of ether oxygens (including phenoxy) is 1. The molecule has 6 heteroatoms. The van der Waals surface area contributed by atoms with Gasteiger partial charge in [0.05, 0.1) is 23.8 Å². The summed E-state index contributed by atoms with van der Waals surface area (Å²) in [6.45, 7) is 0.592. The Balaban J connectivity index is 1.85. The van der Waals surface area contributed by atoms with E-state index < -0.39 is 0 Å². The predicted octanol–water partition coefficient (Wildman–Crippen LogP) is 3.62. The number of hydrogen-bond acceptors (Lipinski definition) is 3. The molecule has 1 fully saturated rings. The molecule has 1 aliphatic carbocycles. The summed E-state index contributed by atoms with van der Waals surface area (Å²) in [6, 6.07) is 3.39. The lowest BCUT2D eigenvalue weighted by Crippen LogP contribution is -2.26. The molecule has 1 saturated carbocycles. The molecule has 4 nitrogen and oxygen atoms in total. The largest absolute Gasteiger partial charge is 0.496 e. The number of carbonyl (C=O) groups is 1. The van der Waals surface area contributed by atoms with Crippen molar-refractivity contribution in [1.82, 2.24) is 5.32 Å². The van der Waals surface area contributed by atoms with Crippen LogP contribution in [0.3, 0.4) is 0 Å². The van der Waals surface area contributed by atoms with E-state index in [-0.39, 0.29) is 12.0 Å². The van der Waals surface area contributed by atoms with Crippen molar-refractivity contribution in [1.29, 1.82) is 0 Å². The summed E-state index contributed by atoms with van der Waals surface area (Å²) in [5.74, 6) is 0.735. The van der Waals surface area contributed by atoms with Crippen molar-refractivity contribution in [3.8, 4) is 5.75 Å². The number of benzene rings is 1. The molecular weight excluding hydrogens is 417 g/mol. The van der Waals surface area contributed by atoms with Gasteiger partial charge in [0.15, 0.2) is 0 Å². The number of aliphatic hydroxyl groups excluding tert-OH is 1. The lowest BCUT2D eigenvalue weighted by atomic mass is 10.00. The first-order valence-corrected chi connectivity index (χ1v) is 8.98. The summed E-state index contributed by atoms with van der Waals surface area (Å²) >= 11 is 8.18. The van der Waals surface area contributed by atoms with Gasteiger partial charge in [-0.15, -0.1) is 0 Å². The Morgan fingerprint density at radius 3 is 2.91 bits per heavy atom. The van der Waals surface area contributed by atoms with Crippen LogP contribution in [0.4, 0.5) is 0 Å². The summed E-state index contributed by atoms with van der Waals surface area (Å²) in [6.07, 6.45) is 4.77. The summed E-state index contributed by atoms with van der Waals surface area (Å²) in [4.78, 5) is 12.2. The minimum Gasteiger partial charge on any atom is -0.496 e. The van der Waals surface area contributed by atoms with E-state index in [1.54, 1.807) is 12.1 Å². The monoisotopic (exact) mass is 437 g/mol. The molecule has 1 amide bonds. The van der Waals surface area contributed by atoms with Crippen molar-refractivity contribution in [2.75, 3.05) is 13.7 Å². The van der Waals surface area contributed by atoms with Gasteiger partial charge in [-0.2, -0.15) is 0 Å². The third-order valence-corrected chi connectivity index (χ3v) is 5.67. The number of rotatable bonds is 6. The zero-order chi connectivity index (χ0) is 16.1. The van der Waals surface area contributed by atoms with Crippen molar-refractivity contribution in [3.63, 3.8) is 0 Å². The number of amides is 1. The van der Waals surface area contributed by atoms with Crippen LogP contribution in [0.5, 0.6) is 5.75 Å². The molecule has 0 radical (unpaired) electrons. The Kier molecular flexibility index (Phi) is 6.77. The molecule has 0 aromatic heterocycles. The van der Waals surface area contributed by atoms with Crippen LogP contribution < -0.4 is 10.1 Å². The maximum Gasteiger partial charge on any atom is 0.255 e. The van der Waals surface area contributed by atoms with E-state index in [9.17, 15) is 9.90 Å². The smallest absolute Gasteiger partial charge is 0.255 e. The second-order valence-electron chi connectivity index (χ2n) is 5.62. The summed E-state index contributed by atoms with van der Waals surface area (Å²) in [7, 11) is 1.54. The highest BCUT2D eigenvalue weighted by atomic mass is 127. The molecule has 2 atom stereocenters.